The van der Waals surface area contributed by atoms with Gasteiger partial charge in [-0.15, -0.1) is 9.60 Å². The molecule has 1 atom stereocenters. The Balaban J connectivity index is 3.80. The van der Waals surface area contributed by atoms with Gasteiger partial charge in [-0.2, -0.15) is 0 Å². The van der Waals surface area contributed by atoms with E-state index in [4.69, 9.17) is 5.73 Å². The lowest BCUT2D eigenvalue weighted by atomic mass is 10.1. The van der Waals surface area contributed by atoms with Crippen LogP contribution in [0.25, 0.3) is 0 Å². The molecule has 0 aromatic rings. The van der Waals surface area contributed by atoms with Gasteiger partial charge in [0.05, 0.1) is 6.04 Å². The average molecular weight is 162 g/mol. The first kappa shape index (κ1) is 10.5. The summed E-state index contributed by atoms with van der Waals surface area (Å²) in [4.78, 5) is 10.8. The standard InChI is InChI=1S/C7H15FN2O/c1-6(11)7(10(2)8)4-3-5-9/h7H,3-5,9H2,1-2H3/t7-/m0/s1. The molecular weight excluding hydrogens is 147 g/mol. The quantitative estimate of drug-likeness (QED) is 0.599. The lowest BCUT2D eigenvalue weighted by molar-refractivity contribution is -0.128. The highest BCUT2D eigenvalue weighted by molar-refractivity contribution is 5.81. The third-order valence-electron chi connectivity index (χ3n) is 1.58. The molecule has 3 nitrogen and oxygen atoms in total. The van der Waals surface area contributed by atoms with Crippen LogP contribution in [0.2, 0.25) is 0 Å². The Kier molecular flexibility index (Phi) is 4.98. The number of nitrogens with zero attached hydrogens (tertiary/aromatic N) is 1. The Hall–Kier alpha value is -0.480. The fraction of sp³-hybridized carbons (Fsp3) is 0.857. The molecule has 0 aromatic heterocycles. The maximum atomic E-state index is 12.5. The summed E-state index contributed by atoms with van der Waals surface area (Å²) in [5.41, 5.74) is 5.22. The van der Waals surface area contributed by atoms with Gasteiger partial charge in [0.15, 0.2) is 0 Å². The minimum atomic E-state index is -0.612. The van der Waals surface area contributed by atoms with Crippen LogP contribution in [0.4, 0.5) is 4.48 Å². The number of carbonyl (C=O) groups is 1. The van der Waals surface area contributed by atoms with Gasteiger partial charge in [0.25, 0.3) is 0 Å². The Morgan fingerprint density at radius 3 is 2.55 bits per heavy atom. The predicted molar refractivity (Wildman–Crippen MR) is 41.6 cm³/mol. The Morgan fingerprint density at radius 2 is 2.27 bits per heavy atom. The third-order valence-corrected chi connectivity index (χ3v) is 1.58. The van der Waals surface area contributed by atoms with Crippen LogP contribution in [0, 0.1) is 0 Å². The van der Waals surface area contributed by atoms with E-state index in [0.717, 1.165) is 0 Å². The molecule has 66 valence electrons. The largest absolute Gasteiger partial charge is 0.330 e. The van der Waals surface area contributed by atoms with Gasteiger partial charge < -0.3 is 5.73 Å². The molecular formula is C7H15FN2O. The SMILES string of the molecule is CC(=O)[C@H](CCCN)N(C)F. The fourth-order valence-electron chi connectivity index (χ4n) is 0.943. The van der Waals surface area contributed by atoms with Crippen LogP contribution in [0.15, 0.2) is 0 Å². The summed E-state index contributed by atoms with van der Waals surface area (Å²) in [7, 11) is 1.25. The Bertz CT molecular complexity index is 128. The van der Waals surface area contributed by atoms with E-state index < -0.39 is 6.04 Å². The van der Waals surface area contributed by atoms with E-state index >= 15 is 0 Å². The molecule has 0 unspecified atom stereocenters. The minimum Gasteiger partial charge on any atom is -0.330 e. The number of nitrogens with two attached hydrogens (primary N) is 1. The van der Waals surface area contributed by atoms with Crippen molar-refractivity contribution in [2.24, 2.45) is 5.73 Å². The number of hydrogen-bond acceptors (Lipinski definition) is 3. The van der Waals surface area contributed by atoms with Gasteiger partial charge in [-0.3, -0.25) is 4.79 Å². The minimum absolute atomic E-state index is 0.150. The first-order chi connectivity index (χ1) is 5.09. The molecule has 0 saturated heterocycles. The van der Waals surface area contributed by atoms with Crippen molar-refractivity contribution in [3.63, 3.8) is 0 Å². The van der Waals surface area contributed by atoms with E-state index in [1.807, 2.05) is 0 Å². The maximum absolute atomic E-state index is 12.5. The lowest BCUT2D eigenvalue weighted by Crippen LogP contribution is -2.31. The van der Waals surface area contributed by atoms with Crippen LogP contribution >= 0.6 is 0 Å². The number of rotatable bonds is 5. The Morgan fingerprint density at radius 1 is 1.73 bits per heavy atom. The number of Topliss-reactive ketones (excluding diaryl/α,β-unsaturated/α-hetero) is 1. The van der Waals surface area contributed by atoms with Crippen molar-refractivity contribution < 1.29 is 9.28 Å². The molecule has 2 N–H and O–H groups in total. The first-order valence-corrected chi connectivity index (χ1v) is 3.68. The smallest absolute Gasteiger partial charge is 0.149 e. The second kappa shape index (κ2) is 5.21. The topological polar surface area (TPSA) is 46.3 Å². The number of carbonyl (C=O) groups excluding carboxylic acids is 1. The molecule has 0 spiro atoms. The second-order valence-electron chi connectivity index (χ2n) is 2.58. The number of hydrogen-bond donors (Lipinski definition) is 1. The van der Waals surface area contributed by atoms with E-state index in [9.17, 15) is 9.28 Å². The summed E-state index contributed by atoms with van der Waals surface area (Å²) in [5.74, 6) is -0.150. The van der Waals surface area contributed by atoms with Crippen LogP contribution in [0.1, 0.15) is 19.8 Å². The number of halogens is 1. The first-order valence-electron chi connectivity index (χ1n) is 3.68. The van der Waals surface area contributed by atoms with Crippen molar-refractivity contribution in [2.45, 2.75) is 25.8 Å². The molecule has 4 heteroatoms. The van der Waals surface area contributed by atoms with Crippen molar-refractivity contribution in [2.75, 3.05) is 13.6 Å². The zero-order chi connectivity index (χ0) is 8.85. The van der Waals surface area contributed by atoms with E-state index in [-0.39, 0.29) is 5.78 Å². The van der Waals surface area contributed by atoms with Gasteiger partial charge in [-0.25, -0.2) is 0 Å². The summed E-state index contributed by atoms with van der Waals surface area (Å²) in [6.07, 6.45) is 1.18. The van der Waals surface area contributed by atoms with Crippen LogP contribution in [0.5, 0.6) is 0 Å². The molecule has 0 aliphatic carbocycles. The highest BCUT2D eigenvalue weighted by atomic mass is 19.2. The van der Waals surface area contributed by atoms with Gasteiger partial charge in [-0.05, 0) is 26.3 Å². The van der Waals surface area contributed by atoms with E-state index in [1.165, 1.54) is 14.0 Å². The third kappa shape index (κ3) is 4.06. The van der Waals surface area contributed by atoms with Crippen molar-refractivity contribution in [1.29, 1.82) is 0 Å². The molecule has 0 fully saturated rings. The Labute approximate surface area is 66.3 Å². The zero-order valence-corrected chi connectivity index (χ0v) is 7.01. The van der Waals surface area contributed by atoms with Crippen molar-refractivity contribution in [3.05, 3.63) is 0 Å². The molecule has 0 aliphatic rings. The van der Waals surface area contributed by atoms with Crippen LogP contribution in [0.3, 0.4) is 0 Å². The maximum Gasteiger partial charge on any atom is 0.149 e. The lowest BCUT2D eigenvalue weighted by Gasteiger charge is -2.16. The van der Waals surface area contributed by atoms with Gasteiger partial charge in [0, 0.05) is 7.05 Å². The molecule has 11 heavy (non-hydrogen) atoms. The zero-order valence-electron chi connectivity index (χ0n) is 7.01. The van der Waals surface area contributed by atoms with Crippen LogP contribution in [-0.4, -0.2) is 30.5 Å². The molecule has 0 aliphatic heterocycles. The van der Waals surface area contributed by atoms with Gasteiger partial charge >= 0.3 is 0 Å². The van der Waals surface area contributed by atoms with Crippen molar-refractivity contribution in [1.82, 2.24) is 5.12 Å². The van der Waals surface area contributed by atoms with E-state index in [2.05, 4.69) is 0 Å². The monoisotopic (exact) mass is 162 g/mol. The molecule has 0 bridgehead atoms. The van der Waals surface area contributed by atoms with Crippen molar-refractivity contribution >= 4 is 5.78 Å². The fourth-order valence-corrected chi connectivity index (χ4v) is 0.943. The normalized spacial score (nSPS) is 13.5. The number of likely N-dealkylation sites (N-methyl/N-ethyl adjacent to an activating group) is 1. The van der Waals surface area contributed by atoms with Crippen molar-refractivity contribution in [3.8, 4) is 0 Å². The second-order valence-corrected chi connectivity index (χ2v) is 2.58. The summed E-state index contributed by atoms with van der Waals surface area (Å²) in [6.45, 7) is 1.88. The molecule has 0 rings (SSSR count). The molecule has 0 heterocycles. The van der Waals surface area contributed by atoms with E-state index in [0.29, 0.717) is 24.5 Å². The molecule has 0 radical (unpaired) electrons. The highest BCUT2D eigenvalue weighted by Crippen LogP contribution is 2.05. The van der Waals surface area contributed by atoms with Gasteiger partial charge in [-0.1, -0.05) is 0 Å². The molecule has 0 saturated carbocycles. The summed E-state index contributed by atoms with van der Waals surface area (Å²) < 4.78 is 12.5. The van der Waals surface area contributed by atoms with E-state index in [1.54, 1.807) is 0 Å². The van der Waals surface area contributed by atoms with Gasteiger partial charge in [0.1, 0.15) is 5.78 Å². The van der Waals surface area contributed by atoms with Crippen LogP contribution in [-0.2, 0) is 4.79 Å². The molecule has 0 amide bonds. The number of ketones is 1. The summed E-state index contributed by atoms with van der Waals surface area (Å²) in [5, 5.41) is 0.442. The summed E-state index contributed by atoms with van der Waals surface area (Å²) in [6, 6.07) is -0.612. The summed E-state index contributed by atoms with van der Waals surface area (Å²) >= 11 is 0. The molecule has 0 aromatic carbocycles. The van der Waals surface area contributed by atoms with Crippen LogP contribution < -0.4 is 5.73 Å². The highest BCUT2D eigenvalue weighted by Gasteiger charge is 2.18. The average Bonchev–Trinajstić information content (AvgIpc) is 1.87. The van der Waals surface area contributed by atoms with Gasteiger partial charge in [0.2, 0.25) is 0 Å². The predicted octanol–water partition coefficient (Wildman–Crippen LogP) is 0.499.